The van der Waals surface area contributed by atoms with Crippen molar-refractivity contribution in [1.82, 2.24) is 4.90 Å². The highest BCUT2D eigenvalue weighted by Crippen LogP contribution is 2.39. The molecule has 1 saturated heterocycles. The van der Waals surface area contributed by atoms with Crippen LogP contribution in [0.5, 0.6) is 0 Å². The number of carboxylic acid groups (broad SMARTS) is 1. The number of nitrogens with zero attached hydrogens (tertiary/aromatic N) is 1. The van der Waals surface area contributed by atoms with Crippen molar-refractivity contribution >= 4 is 20.7 Å². The molecule has 1 N–H and O–H groups in total. The normalized spacial score (nSPS) is 25.3. The molecule has 0 aromatic heterocycles. The second-order valence-corrected chi connectivity index (χ2v) is 11.1. The van der Waals surface area contributed by atoms with E-state index in [0.29, 0.717) is 19.3 Å². The van der Waals surface area contributed by atoms with Gasteiger partial charge in [0.1, 0.15) is 12.3 Å². The van der Waals surface area contributed by atoms with Crippen LogP contribution in [-0.4, -0.2) is 49.4 Å². The lowest BCUT2D eigenvalue weighted by Crippen LogP contribution is -2.48. The third kappa shape index (κ3) is 2.92. The Hall–Kier alpha value is -0.883. The molecule has 0 aliphatic carbocycles. The summed E-state index contributed by atoms with van der Waals surface area (Å²) >= 11 is 0. The molecule has 2 unspecified atom stereocenters. The Bertz CT molecular complexity index is 337. The van der Waals surface area contributed by atoms with Gasteiger partial charge in [0.05, 0.1) is 6.10 Å². The largest absolute Gasteiger partial charge is 0.465 e. The van der Waals surface area contributed by atoms with Crippen molar-refractivity contribution in [2.24, 2.45) is 0 Å². The van der Waals surface area contributed by atoms with Gasteiger partial charge in [-0.2, -0.15) is 0 Å². The summed E-state index contributed by atoms with van der Waals surface area (Å²) in [6.07, 6.45) is -0.0471. The Morgan fingerprint density at radius 2 is 2.00 bits per heavy atom. The van der Waals surface area contributed by atoms with Crippen LogP contribution in [0.25, 0.3) is 0 Å². The molecule has 1 fully saturated rings. The Kier molecular flexibility index (Phi) is 4.22. The molecule has 0 aromatic rings. The summed E-state index contributed by atoms with van der Waals surface area (Å²) in [5.74, 6) is 0. The summed E-state index contributed by atoms with van der Waals surface area (Å²) in [6.45, 7) is 11.0. The number of amides is 1. The van der Waals surface area contributed by atoms with E-state index in [0.717, 1.165) is 0 Å². The molecule has 1 heterocycles. The summed E-state index contributed by atoms with van der Waals surface area (Å²) < 4.78 is 6.15. The maximum atomic E-state index is 11.1. The molecule has 0 aromatic carbocycles. The van der Waals surface area contributed by atoms with Gasteiger partial charge in [-0.1, -0.05) is 20.8 Å². The van der Waals surface area contributed by atoms with E-state index in [1.807, 2.05) is 0 Å². The number of hydrogen-bond acceptors (Lipinski definition) is 3. The number of rotatable bonds is 3. The second kappa shape index (κ2) is 5.01. The van der Waals surface area contributed by atoms with E-state index in [-0.39, 0.29) is 11.1 Å². The summed E-state index contributed by atoms with van der Waals surface area (Å²) in [7, 11) is -1.97. The fourth-order valence-corrected chi connectivity index (χ4v) is 3.22. The van der Waals surface area contributed by atoms with Gasteiger partial charge in [-0.05, 0) is 24.6 Å². The molecule has 0 spiro atoms. The van der Waals surface area contributed by atoms with Crippen LogP contribution in [0.3, 0.4) is 0 Å². The Morgan fingerprint density at radius 1 is 1.44 bits per heavy atom. The minimum Gasteiger partial charge on any atom is -0.465 e. The molecule has 1 aliphatic rings. The van der Waals surface area contributed by atoms with E-state index < -0.39 is 20.5 Å². The van der Waals surface area contributed by atoms with Crippen LogP contribution in [-0.2, 0) is 9.22 Å². The molecule has 1 rings (SSSR count). The average molecular weight is 273 g/mol. The number of likely N-dealkylation sites (tertiary alicyclic amines) is 1. The minimum absolute atomic E-state index is 0.0527. The fourth-order valence-electron chi connectivity index (χ4n) is 1.85. The summed E-state index contributed by atoms with van der Waals surface area (Å²) in [5, 5.41) is 9.07. The minimum atomic E-state index is -1.97. The van der Waals surface area contributed by atoms with Gasteiger partial charge in [0, 0.05) is 6.54 Å². The van der Waals surface area contributed by atoms with Gasteiger partial charge in [0.2, 0.25) is 0 Å². The van der Waals surface area contributed by atoms with Crippen LogP contribution in [0.15, 0.2) is 0 Å². The first-order valence-corrected chi connectivity index (χ1v) is 9.13. The zero-order valence-corrected chi connectivity index (χ0v) is 12.8. The first kappa shape index (κ1) is 15.2. The summed E-state index contributed by atoms with van der Waals surface area (Å²) in [4.78, 5) is 23.3. The van der Waals surface area contributed by atoms with Crippen molar-refractivity contribution in [3.8, 4) is 0 Å². The van der Waals surface area contributed by atoms with Gasteiger partial charge in [-0.25, -0.2) is 4.79 Å². The lowest BCUT2D eigenvalue weighted by Gasteiger charge is -2.39. The van der Waals surface area contributed by atoms with Crippen LogP contribution >= 0.6 is 0 Å². The van der Waals surface area contributed by atoms with E-state index in [2.05, 4.69) is 33.9 Å². The maximum absolute atomic E-state index is 11.1. The molecule has 1 amide bonds. The maximum Gasteiger partial charge on any atom is 0.407 e. The molecular formula is C12H23NO4Si. The third-order valence-corrected chi connectivity index (χ3v) is 8.54. The van der Waals surface area contributed by atoms with Crippen molar-refractivity contribution in [3.63, 3.8) is 0 Å². The fraction of sp³-hybridized carbons (Fsp3) is 0.833. The molecule has 0 radical (unpaired) electrons. The second-order valence-electron chi connectivity index (χ2n) is 6.31. The lowest BCUT2D eigenvalue weighted by molar-refractivity contribution is -0.113. The van der Waals surface area contributed by atoms with E-state index in [9.17, 15) is 9.59 Å². The quantitative estimate of drug-likeness (QED) is 0.633. The van der Waals surface area contributed by atoms with E-state index in [4.69, 9.17) is 9.53 Å². The highest BCUT2D eigenvalue weighted by atomic mass is 28.4. The van der Waals surface area contributed by atoms with Gasteiger partial charge >= 0.3 is 6.09 Å². The molecule has 6 heteroatoms. The van der Waals surface area contributed by atoms with Gasteiger partial charge in [-0.3, -0.25) is 4.90 Å². The molecular weight excluding hydrogens is 250 g/mol. The van der Waals surface area contributed by atoms with Crippen LogP contribution in [0, 0.1) is 0 Å². The molecule has 104 valence electrons. The Balaban J connectivity index is 2.80. The topological polar surface area (TPSA) is 66.8 Å². The number of carbonyl (C=O) groups is 2. The molecule has 1 aliphatic heterocycles. The first-order valence-electron chi connectivity index (χ1n) is 6.23. The smallest absolute Gasteiger partial charge is 0.407 e. The van der Waals surface area contributed by atoms with Crippen molar-refractivity contribution in [1.29, 1.82) is 0 Å². The zero-order valence-electron chi connectivity index (χ0n) is 11.8. The molecule has 0 saturated carbocycles. The van der Waals surface area contributed by atoms with Crippen molar-refractivity contribution in [3.05, 3.63) is 0 Å². The standard InChI is InChI=1S/C12H23NO4Si/c1-12(2,3)18(4,5)17-10-6-7-13(11(15)16)9(10)8-14/h8-10H,6-7H2,1-5H3,(H,15,16). The predicted octanol–water partition coefficient (Wildman–Crippen LogP) is 2.33. The highest BCUT2D eigenvalue weighted by Gasteiger charge is 2.45. The monoisotopic (exact) mass is 273 g/mol. The summed E-state index contributed by atoms with van der Waals surface area (Å²) in [5.41, 5.74) is 0. The van der Waals surface area contributed by atoms with Crippen LogP contribution in [0.2, 0.25) is 18.1 Å². The molecule has 0 bridgehead atoms. The lowest BCUT2D eigenvalue weighted by atomic mass is 10.2. The number of aldehydes is 1. The summed E-state index contributed by atoms with van der Waals surface area (Å²) in [6, 6.07) is -0.656. The predicted molar refractivity (Wildman–Crippen MR) is 71.3 cm³/mol. The Labute approximate surface area is 109 Å². The van der Waals surface area contributed by atoms with Gasteiger partial charge in [0.25, 0.3) is 0 Å². The van der Waals surface area contributed by atoms with E-state index >= 15 is 0 Å². The van der Waals surface area contributed by atoms with E-state index in [1.165, 1.54) is 4.90 Å². The molecule has 18 heavy (non-hydrogen) atoms. The van der Waals surface area contributed by atoms with Gasteiger partial charge in [-0.15, -0.1) is 0 Å². The highest BCUT2D eigenvalue weighted by molar-refractivity contribution is 6.74. The average Bonchev–Trinajstić information content (AvgIpc) is 2.58. The number of hydrogen-bond donors (Lipinski definition) is 1. The van der Waals surface area contributed by atoms with Crippen molar-refractivity contribution in [2.75, 3.05) is 6.54 Å². The van der Waals surface area contributed by atoms with Crippen molar-refractivity contribution < 1.29 is 19.1 Å². The zero-order chi connectivity index (χ0) is 14.1. The number of carbonyl (C=O) groups excluding carboxylic acids is 1. The van der Waals surface area contributed by atoms with Crippen LogP contribution < -0.4 is 0 Å². The third-order valence-electron chi connectivity index (χ3n) is 4.03. The van der Waals surface area contributed by atoms with Crippen LogP contribution in [0.4, 0.5) is 4.79 Å². The van der Waals surface area contributed by atoms with Crippen molar-refractivity contribution in [2.45, 2.75) is 57.5 Å². The molecule has 2 atom stereocenters. The van der Waals surface area contributed by atoms with Gasteiger partial charge in [0.15, 0.2) is 8.32 Å². The van der Waals surface area contributed by atoms with Gasteiger partial charge < -0.3 is 14.3 Å². The first-order chi connectivity index (χ1) is 8.10. The van der Waals surface area contributed by atoms with E-state index in [1.54, 1.807) is 0 Å². The Morgan fingerprint density at radius 3 is 2.39 bits per heavy atom. The van der Waals surface area contributed by atoms with Crippen LogP contribution in [0.1, 0.15) is 27.2 Å². The SMILES string of the molecule is CC(C)(C)[Si](C)(C)OC1CCN(C(=O)O)C1C=O. The molecule has 5 nitrogen and oxygen atoms in total.